The standard InChI is InChI=1S/C39H76NO8P/c1-6-8-10-12-14-16-18-20-22-24-26-28-30-32-39(42)48-37(36-47-49(43,44)46-34-33-40(3,4)5)35-45-38(41)31-29-27-25-23-21-19-17-15-13-11-9-7-2/h15,17,37H,6-14,16,18-36H2,1-5H3/p+1/b17-15-/t37-/m1/s1. The van der Waals surface area contributed by atoms with Crippen molar-refractivity contribution in [1.82, 2.24) is 0 Å². The number of quaternary nitrogens is 1. The number of rotatable bonds is 36. The van der Waals surface area contributed by atoms with Gasteiger partial charge in [0.25, 0.3) is 0 Å². The van der Waals surface area contributed by atoms with Crippen LogP contribution >= 0.6 is 7.82 Å². The second kappa shape index (κ2) is 32.6. The van der Waals surface area contributed by atoms with Crippen molar-refractivity contribution in [1.29, 1.82) is 0 Å². The molecule has 9 nitrogen and oxygen atoms in total. The average molecular weight is 719 g/mol. The first-order valence-electron chi connectivity index (χ1n) is 19.9. The molecule has 0 aromatic carbocycles. The summed E-state index contributed by atoms with van der Waals surface area (Å²) >= 11 is 0. The van der Waals surface area contributed by atoms with Gasteiger partial charge in [-0.25, -0.2) is 4.57 Å². The smallest absolute Gasteiger partial charge is 0.462 e. The van der Waals surface area contributed by atoms with Crippen LogP contribution in [0.3, 0.4) is 0 Å². The van der Waals surface area contributed by atoms with Crippen LogP contribution in [0.25, 0.3) is 0 Å². The molecule has 0 aliphatic rings. The van der Waals surface area contributed by atoms with Crippen molar-refractivity contribution in [2.75, 3.05) is 47.5 Å². The third-order valence-electron chi connectivity index (χ3n) is 8.55. The zero-order valence-corrected chi connectivity index (χ0v) is 33.3. The number of unbranched alkanes of at least 4 members (excludes halogenated alkanes) is 20. The van der Waals surface area contributed by atoms with Gasteiger partial charge in [-0.1, -0.05) is 135 Å². The van der Waals surface area contributed by atoms with Gasteiger partial charge in [-0.15, -0.1) is 0 Å². The van der Waals surface area contributed by atoms with E-state index in [2.05, 4.69) is 26.0 Å². The van der Waals surface area contributed by atoms with Crippen LogP contribution in [0.15, 0.2) is 12.2 Å². The number of hydrogen-bond donors (Lipinski definition) is 1. The SMILES string of the molecule is CCCCC/C=C\CCCCCCCC(=O)OC[C@H](COP(=O)(O)OCC[N+](C)(C)C)OC(=O)CCCCCCCCCCCCCCC. The molecule has 0 radical (unpaired) electrons. The number of hydrogen-bond acceptors (Lipinski definition) is 7. The minimum absolute atomic E-state index is 0.0332. The maximum atomic E-state index is 12.6. The Labute approximate surface area is 301 Å². The lowest BCUT2D eigenvalue weighted by Crippen LogP contribution is -2.37. The minimum Gasteiger partial charge on any atom is -0.462 e. The lowest BCUT2D eigenvalue weighted by atomic mass is 10.0. The van der Waals surface area contributed by atoms with Crippen LogP contribution in [0.2, 0.25) is 0 Å². The molecule has 0 rings (SSSR count). The average Bonchev–Trinajstić information content (AvgIpc) is 3.04. The summed E-state index contributed by atoms with van der Waals surface area (Å²) in [5.41, 5.74) is 0. The molecule has 1 N–H and O–H groups in total. The first-order valence-corrected chi connectivity index (χ1v) is 21.4. The van der Waals surface area contributed by atoms with Crippen LogP contribution < -0.4 is 0 Å². The van der Waals surface area contributed by atoms with E-state index in [9.17, 15) is 19.0 Å². The maximum absolute atomic E-state index is 12.6. The Morgan fingerprint density at radius 1 is 0.612 bits per heavy atom. The molecule has 0 bridgehead atoms. The minimum atomic E-state index is -4.36. The van der Waals surface area contributed by atoms with Crippen molar-refractivity contribution in [3.63, 3.8) is 0 Å². The molecule has 2 atom stereocenters. The normalized spacial score (nSPS) is 13.8. The molecular weight excluding hydrogens is 641 g/mol. The Balaban J connectivity index is 4.42. The third-order valence-corrected chi connectivity index (χ3v) is 9.53. The van der Waals surface area contributed by atoms with Crippen molar-refractivity contribution >= 4 is 19.8 Å². The summed E-state index contributed by atoms with van der Waals surface area (Å²) in [7, 11) is 1.48. The molecule has 0 aliphatic heterocycles. The van der Waals surface area contributed by atoms with Gasteiger partial charge in [0.2, 0.25) is 0 Å². The van der Waals surface area contributed by atoms with E-state index in [1.54, 1.807) is 0 Å². The van der Waals surface area contributed by atoms with E-state index in [0.29, 0.717) is 17.4 Å². The number of nitrogens with zero attached hydrogens (tertiary/aromatic N) is 1. The predicted octanol–water partition coefficient (Wildman–Crippen LogP) is 10.6. The Bertz CT molecular complexity index is 860. The molecule has 0 saturated carbocycles. The monoisotopic (exact) mass is 719 g/mol. The van der Waals surface area contributed by atoms with E-state index in [-0.39, 0.29) is 32.0 Å². The fourth-order valence-electron chi connectivity index (χ4n) is 5.36. The molecule has 0 spiro atoms. The molecule has 0 amide bonds. The van der Waals surface area contributed by atoms with E-state index in [1.807, 2.05) is 21.1 Å². The highest BCUT2D eigenvalue weighted by Crippen LogP contribution is 2.43. The van der Waals surface area contributed by atoms with Crippen LogP contribution in [0.1, 0.15) is 174 Å². The van der Waals surface area contributed by atoms with Crippen LogP contribution in [0, 0.1) is 0 Å². The van der Waals surface area contributed by atoms with Gasteiger partial charge >= 0.3 is 19.8 Å². The number of carbonyl (C=O) groups is 2. The molecule has 290 valence electrons. The van der Waals surface area contributed by atoms with Crippen molar-refractivity contribution in [3.05, 3.63) is 12.2 Å². The van der Waals surface area contributed by atoms with Gasteiger partial charge in [0.1, 0.15) is 19.8 Å². The topological polar surface area (TPSA) is 108 Å². The largest absolute Gasteiger partial charge is 0.472 e. The first kappa shape index (κ1) is 47.8. The Morgan fingerprint density at radius 2 is 1.04 bits per heavy atom. The number of esters is 2. The van der Waals surface area contributed by atoms with E-state index in [0.717, 1.165) is 51.4 Å². The maximum Gasteiger partial charge on any atom is 0.472 e. The van der Waals surface area contributed by atoms with Gasteiger partial charge in [-0.2, -0.15) is 0 Å². The molecular formula is C39H77NO8P+. The van der Waals surface area contributed by atoms with Gasteiger partial charge in [0.05, 0.1) is 27.7 Å². The molecule has 10 heteroatoms. The Morgan fingerprint density at radius 3 is 1.55 bits per heavy atom. The molecule has 49 heavy (non-hydrogen) atoms. The van der Waals surface area contributed by atoms with Crippen molar-refractivity contribution in [3.8, 4) is 0 Å². The van der Waals surface area contributed by atoms with Gasteiger partial charge in [0.15, 0.2) is 6.10 Å². The number of phosphoric ester groups is 1. The number of ether oxygens (including phenoxy) is 2. The lowest BCUT2D eigenvalue weighted by Gasteiger charge is -2.24. The summed E-state index contributed by atoms with van der Waals surface area (Å²) in [6.45, 7) is 4.39. The molecule has 0 fully saturated rings. The van der Waals surface area contributed by atoms with Crippen LogP contribution in [0.4, 0.5) is 0 Å². The van der Waals surface area contributed by atoms with Gasteiger partial charge in [-0.05, 0) is 38.5 Å². The van der Waals surface area contributed by atoms with E-state index in [4.69, 9.17) is 18.5 Å². The molecule has 1 unspecified atom stereocenters. The van der Waals surface area contributed by atoms with Gasteiger partial charge < -0.3 is 18.9 Å². The quantitative estimate of drug-likeness (QED) is 0.0224. The molecule has 0 heterocycles. The zero-order chi connectivity index (χ0) is 36.5. The highest BCUT2D eigenvalue weighted by molar-refractivity contribution is 7.47. The second-order valence-electron chi connectivity index (χ2n) is 14.7. The van der Waals surface area contributed by atoms with Crippen molar-refractivity contribution in [2.24, 2.45) is 0 Å². The first-order chi connectivity index (χ1) is 23.5. The summed E-state index contributed by atoms with van der Waals surface area (Å²) in [6, 6.07) is 0. The summed E-state index contributed by atoms with van der Waals surface area (Å²) in [5, 5.41) is 0. The number of carbonyl (C=O) groups excluding carboxylic acids is 2. The third kappa shape index (κ3) is 36.3. The molecule has 0 aromatic rings. The summed E-state index contributed by atoms with van der Waals surface area (Å²) < 4.78 is 34.2. The highest BCUT2D eigenvalue weighted by Gasteiger charge is 2.27. The summed E-state index contributed by atoms with van der Waals surface area (Å²) in [6.07, 6.45) is 31.1. The Hall–Kier alpha value is -1.25. The van der Waals surface area contributed by atoms with Gasteiger partial charge in [-0.3, -0.25) is 18.6 Å². The number of likely N-dealkylation sites (N-methyl/N-ethyl adjacent to an activating group) is 1. The Kier molecular flexibility index (Phi) is 31.8. The summed E-state index contributed by atoms with van der Waals surface area (Å²) in [4.78, 5) is 35.2. The number of phosphoric acid groups is 1. The fraction of sp³-hybridized carbons (Fsp3) is 0.897. The van der Waals surface area contributed by atoms with Crippen LogP contribution in [-0.2, 0) is 32.7 Å². The second-order valence-corrected chi connectivity index (χ2v) is 16.1. The van der Waals surface area contributed by atoms with Crippen LogP contribution in [0.5, 0.6) is 0 Å². The van der Waals surface area contributed by atoms with E-state index >= 15 is 0 Å². The number of allylic oxidation sites excluding steroid dienone is 2. The lowest BCUT2D eigenvalue weighted by molar-refractivity contribution is -0.870. The van der Waals surface area contributed by atoms with Gasteiger partial charge in [0, 0.05) is 12.8 Å². The fourth-order valence-corrected chi connectivity index (χ4v) is 6.10. The zero-order valence-electron chi connectivity index (χ0n) is 32.4. The van der Waals surface area contributed by atoms with E-state index < -0.39 is 26.5 Å². The highest BCUT2D eigenvalue weighted by atomic mass is 31.2. The summed E-state index contributed by atoms with van der Waals surface area (Å²) in [5.74, 6) is -0.804. The predicted molar refractivity (Wildman–Crippen MR) is 201 cm³/mol. The molecule has 0 aromatic heterocycles. The van der Waals surface area contributed by atoms with E-state index in [1.165, 1.54) is 89.9 Å². The van der Waals surface area contributed by atoms with Crippen LogP contribution in [-0.4, -0.2) is 74.9 Å². The van der Waals surface area contributed by atoms with Crippen molar-refractivity contribution in [2.45, 2.75) is 180 Å². The molecule has 0 aliphatic carbocycles. The van der Waals surface area contributed by atoms with Crippen molar-refractivity contribution < 1.29 is 42.1 Å². The molecule has 0 saturated heterocycles.